The van der Waals surface area contributed by atoms with Gasteiger partial charge in [0.25, 0.3) is 0 Å². The molecule has 2 nitrogen and oxygen atoms in total. The molecule has 1 saturated carbocycles. The van der Waals surface area contributed by atoms with Gasteiger partial charge in [-0.15, -0.1) is 0 Å². The molecule has 0 radical (unpaired) electrons. The molecule has 2 heteroatoms. The van der Waals surface area contributed by atoms with E-state index in [2.05, 4.69) is 11.8 Å². The van der Waals surface area contributed by atoms with Crippen molar-refractivity contribution < 1.29 is 4.79 Å². The molecule has 0 aromatic rings. The second kappa shape index (κ2) is 4.43. The zero-order valence-corrected chi connectivity index (χ0v) is 9.17. The highest BCUT2D eigenvalue weighted by Crippen LogP contribution is 2.33. The minimum Gasteiger partial charge on any atom is -0.300 e. The van der Waals surface area contributed by atoms with Crippen LogP contribution in [0, 0.1) is 5.92 Å². The molecule has 2 aliphatic rings. The van der Waals surface area contributed by atoms with Crippen LogP contribution < -0.4 is 0 Å². The van der Waals surface area contributed by atoms with Crippen LogP contribution in [0.1, 0.15) is 45.4 Å². The number of nitrogens with zero attached hydrogens (tertiary/aromatic N) is 1. The van der Waals surface area contributed by atoms with E-state index in [9.17, 15) is 4.79 Å². The van der Waals surface area contributed by atoms with Crippen LogP contribution in [-0.4, -0.2) is 29.8 Å². The first-order valence-electron chi connectivity index (χ1n) is 6.07. The molecule has 0 N–H and O–H groups in total. The van der Waals surface area contributed by atoms with Crippen LogP contribution in [0.3, 0.4) is 0 Å². The van der Waals surface area contributed by atoms with Gasteiger partial charge in [-0.25, -0.2) is 0 Å². The number of rotatable bonds is 2. The van der Waals surface area contributed by atoms with Crippen molar-refractivity contribution >= 4 is 5.78 Å². The molecule has 1 saturated heterocycles. The quantitative estimate of drug-likeness (QED) is 0.673. The lowest BCUT2D eigenvalue weighted by atomic mass is 9.78. The normalized spacial score (nSPS) is 34.2. The Labute approximate surface area is 86.7 Å². The molecular formula is C12H21NO. The topological polar surface area (TPSA) is 20.3 Å². The molecule has 0 bridgehead atoms. The Morgan fingerprint density at radius 2 is 2.29 bits per heavy atom. The van der Waals surface area contributed by atoms with Gasteiger partial charge in [-0.3, -0.25) is 4.79 Å². The zero-order chi connectivity index (χ0) is 9.97. The number of ketones is 1. The lowest BCUT2D eigenvalue weighted by molar-refractivity contribution is -0.124. The summed E-state index contributed by atoms with van der Waals surface area (Å²) in [6.45, 7) is 4.75. The van der Waals surface area contributed by atoms with Gasteiger partial charge >= 0.3 is 0 Å². The van der Waals surface area contributed by atoms with E-state index in [1.165, 1.54) is 32.4 Å². The molecule has 2 atom stereocenters. The molecule has 2 fully saturated rings. The molecule has 1 aliphatic heterocycles. The molecule has 0 aromatic heterocycles. The number of likely N-dealkylation sites (tertiary alicyclic amines) is 1. The second-order valence-electron chi connectivity index (χ2n) is 4.79. The number of carbonyl (C=O) groups excluding carboxylic acids is 1. The summed E-state index contributed by atoms with van der Waals surface area (Å²) in [6, 6.07) is 0.737. The Hall–Kier alpha value is -0.370. The zero-order valence-electron chi connectivity index (χ0n) is 9.17. The predicted octanol–water partition coefficient (Wildman–Crippen LogP) is 2.23. The Bertz CT molecular complexity index is 212. The van der Waals surface area contributed by atoms with E-state index in [0.29, 0.717) is 11.7 Å². The van der Waals surface area contributed by atoms with Crippen molar-refractivity contribution in [3.05, 3.63) is 0 Å². The summed E-state index contributed by atoms with van der Waals surface area (Å²) < 4.78 is 0. The Kier molecular flexibility index (Phi) is 3.22. The predicted molar refractivity (Wildman–Crippen MR) is 57.2 cm³/mol. The maximum Gasteiger partial charge on any atom is 0.133 e. The molecule has 14 heavy (non-hydrogen) atoms. The first-order chi connectivity index (χ1) is 6.81. The fraction of sp³-hybridized carbons (Fsp3) is 0.917. The Morgan fingerprint density at radius 3 is 3.07 bits per heavy atom. The van der Waals surface area contributed by atoms with Crippen LogP contribution in [-0.2, 0) is 4.79 Å². The van der Waals surface area contributed by atoms with Crippen molar-refractivity contribution in [3.8, 4) is 0 Å². The highest BCUT2D eigenvalue weighted by Gasteiger charge is 2.35. The van der Waals surface area contributed by atoms with Gasteiger partial charge in [0.2, 0.25) is 0 Å². The standard InChI is InChI=1S/C12H21NO/c1-2-7-13-8-3-4-10-9-11(14)5-6-12(10)13/h10,12H,2-9H2,1H3/t10-,12-/m0/s1. The van der Waals surface area contributed by atoms with Crippen molar-refractivity contribution in [2.75, 3.05) is 13.1 Å². The van der Waals surface area contributed by atoms with Crippen LogP contribution in [0.5, 0.6) is 0 Å². The molecule has 80 valence electrons. The summed E-state index contributed by atoms with van der Waals surface area (Å²) in [5.74, 6) is 1.20. The van der Waals surface area contributed by atoms with Crippen LogP contribution in [0.15, 0.2) is 0 Å². The number of hydrogen-bond acceptors (Lipinski definition) is 2. The summed E-state index contributed by atoms with van der Waals surface area (Å²) >= 11 is 0. The number of piperidine rings is 1. The van der Waals surface area contributed by atoms with Gasteiger partial charge in [-0.2, -0.15) is 0 Å². The van der Waals surface area contributed by atoms with E-state index >= 15 is 0 Å². The Morgan fingerprint density at radius 1 is 1.43 bits per heavy atom. The first kappa shape index (κ1) is 10.2. The molecule has 1 aliphatic carbocycles. The average molecular weight is 195 g/mol. The third-order valence-corrected chi connectivity index (χ3v) is 3.75. The van der Waals surface area contributed by atoms with Crippen molar-refractivity contribution in [3.63, 3.8) is 0 Å². The molecule has 0 unspecified atom stereocenters. The highest BCUT2D eigenvalue weighted by atomic mass is 16.1. The second-order valence-corrected chi connectivity index (χ2v) is 4.79. The van der Waals surface area contributed by atoms with Gasteiger partial charge in [-0.05, 0) is 44.7 Å². The highest BCUT2D eigenvalue weighted by molar-refractivity contribution is 5.79. The van der Waals surface area contributed by atoms with Gasteiger partial charge in [0.05, 0.1) is 0 Å². The largest absolute Gasteiger partial charge is 0.300 e. The van der Waals surface area contributed by atoms with Gasteiger partial charge in [0.1, 0.15) is 5.78 Å². The number of fused-ring (bicyclic) bond motifs is 1. The van der Waals surface area contributed by atoms with Gasteiger partial charge in [-0.1, -0.05) is 6.92 Å². The van der Waals surface area contributed by atoms with E-state index in [0.717, 1.165) is 25.3 Å². The fourth-order valence-corrected chi connectivity index (χ4v) is 3.14. The van der Waals surface area contributed by atoms with Crippen molar-refractivity contribution in [1.29, 1.82) is 0 Å². The first-order valence-corrected chi connectivity index (χ1v) is 6.07. The lowest BCUT2D eigenvalue weighted by Crippen LogP contribution is -2.48. The van der Waals surface area contributed by atoms with E-state index in [1.807, 2.05) is 0 Å². The van der Waals surface area contributed by atoms with E-state index in [4.69, 9.17) is 0 Å². The summed E-state index contributed by atoms with van der Waals surface area (Å²) in [5.41, 5.74) is 0. The van der Waals surface area contributed by atoms with Gasteiger partial charge in [0.15, 0.2) is 0 Å². The smallest absolute Gasteiger partial charge is 0.133 e. The molecule has 0 spiro atoms. The van der Waals surface area contributed by atoms with Crippen molar-refractivity contribution in [1.82, 2.24) is 4.90 Å². The van der Waals surface area contributed by atoms with Crippen LogP contribution >= 0.6 is 0 Å². The Balaban J connectivity index is 1.98. The lowest BCUT2D eigenvalue weighted by Gasteiger charge is -2.43. The summed E-state index contributed by atoms with van der Waals surface area (Å²) in [5, 5.41) is 0. The van der Waals surface area contributed by atoms with Crippen LogP contribution in [0.25, 0.3) is 0 Å². The third-order valence-electron chi connectivity index (χ3n) is 3.75. The minimum atomic E-state index is 0.504. The molecule has 0 amide bonds. The maximum atomic E-state index is 11.4. The number of hydrogen-bond donors (Lipinski definition) is 0. The maximum absolute atomic E-state index is 11.4. The van der Waals surface area contributed by atoms with E-state index in [-0.39, 0.29) is 0 Å². The van der Waals surface area contributed by atoms with Crippen LogP contribution in [0.4, 0.5) is 0 Å². The summed E-state index contributed by atoms with van der Waals surface area (Å²) in [7, 11) is 0. The van der Waals surface area contributed by atoms with Crippen LogP contribution in [0.2, 0.25) is 0 Å². The van der Waals surface area contributed by atoms with Gasteiger partial charge < -0.3 is 4.90 Å². The molecule has 0 aromatic carbocycles. The van der Waals surface area contributed by atoms with E-state index < -0.39 is 0 Å². The van der Waals surface area contributed by atoms with Crippen molar-refractivity contribution in [2.24, 2.45) is 5.92 Å². The molecule has 1 heterocycles. The molecule has 2 rings (SSSR count). The molecular weight excluding hydrogens is 174 g/mol. The summed E-state index contributed by atoms with van der Waals surface area (Å²) in [4.78, 5) is 14.0. The average Bonchev–Trinajstić information content (AvgIpc) is 2.18. The van der Waals surface area contributed by atoms with Gasteiger partial charge in [0, 0.05) is 18.9 Å². The fourth-order valence-electron chi connectivity index (χ4n) is 3.14. The minimum absolute atomic E-state index is 0.504. The third kappa shape index (κ3) is 2.00. The SMILES string of the molecule is CCCN1CCC[C@H]2CC(=O)CC[C@@H]21. The van der Waals surface area contributed by atoms with Crippen molar-refractivity contribution in [2.45, 2.75) is 51.5 Å². The number of Topliss-reactive ketones (excluding diaryl/α,β-unsaturated/α-hetero) is 1. The monoisotopic (exact) mass is 195 g/mol. The van der Waals surface area contributed by atoms with E-state index in [1.54, 1.807) is 0 Å². The summed E-state index contributed by atoms with van der Waals surface area (Å²) in [6.07, 6.45) is 6.66. The number of carbonyl (C=O) groups is 1.